The predicted octanol–water partition coefficient (Wildman–Crippen LogP) is 1.13. The van der Waals surface area contributed by atoms with Crippen LogP contribution >= 0.6 is 0 Å². The topological polar surface area (TPSA) is 46.2 Å². The first-order chi connectivity index (χ1) is 5.66. The molecule has 0 unspecified atom stereocenters. The average molecular weight is 169 g/mol. The van der Waals surface area contributed by atoms with E-state index in [0.29, 0.717) is 11.1 Å². The van der Waals surface area contributed by atoms with Gasteiger partial charge in [-0.3, -0.25) is 0 Å². The van der Waals surface area contributed by atoms with Gasteiger partial charge in [-0.05, 0) is 24.1 Å². The predicted molar refractivity (Wildman–Crippen MR) is 45.2 cm³/mol. The van der Waals surface area contributed by atoms with Crippen LogP contribution in [0.2, 0.25) is 0 Å². The Morgan fingerprint density at radius 2 is 2.25 bits per heavy atom. The Kier molecular flexibility index (Phi) is 2.78. The second-order valence-corrected chi connectivity index (χ2v) is 2.74. The largest absolute Gasteiger partial charge is 0.394 e. The highest BCUT2D eigenvalue weighted by Crippen LogP contribution is 2.17. The molecule has 1 rings (SSSR count). The van der Waals surface area contributed by atoms with E-state index < -0.39 is 6.04 Å². The van der Waals surface area contributed by atoms with Crippen LogP contribution in [0.1, 0.15) is 17.2 Å². The quantitative estimate of drug-likeness (QED) is 0.697. The zero-order chi connectivity index (χ0) is 9.14. The van der Waals surface area contributed by atoms with Crippen LogP contribution in [0.3, 0.4) is 0 Å². The van der Waals surface area contributed by atoms with Crippen molar-refractivity contribution in [2.24, 2.45) is 5.73 Å². The molecular weight excluding hydrogens is 157 g/mol. The molecule has 0 aromatic heterocycles. The monoisotopic (exact) mass is 169 g/mol. The summed E-state index contributed by atoms with van der Waals surface area (Å²) in [6.07, 6.45) is 0. The standard InChI is InChI=1S/C9H12FNO/c1-6-7(9(11)5-12)3-2-4-8(6)10/h2-4,9,12H,5,11H2,1H3/t9-/m1/s1. The molecule has 0 heterocycles. The molecule has 2 nitrogen and oxygen atoms in total. The molecule has 0 fully saturated rings. The highest BCUT2D eigenvalue weighted by atomic mass is 19.1. The Balaban J connectivity index is 3.07. The van der Waals surface area contributed by atoms with Gasteiger partial charge in [-0.15, -0.1) is 0 Å². The minimum atomic E-state index is -0.485. The summed E-state index contributed by atoms with van der Waals surface area (Å²) in [5.74, 6) is -0.281. The molecule has 12 heavy (non-hydrogen) atoms. The second kappa shape index (κ2) is 3.65. The maximum absolute atomic E-state index is 12.9. The summed E-state index contributed by atoms with van der Waals surface area (Å²) in [6.45, 7) is 1.49. The van der Waals surface area contributed by atoms with E-state index in [0.717, 1.165) is 0 Å². The summed E-state index contributed by atoms with van der Waals surface area (Å²) >= 11 is 0. The number of benzene rings is 1. The Morgan fingerprint density at radius 3 is 2.83 bits per heavy atom. The molecule has 0 amide bonds. The van der Waals surface area contributed by atoms with Gasteiger partial charge in [0, 0.05) is 0 Å². The zero-order valence-corrected chi connectivity index (χ0v) is 6.92. The van der Waals surface area contributed by atoms with Crippen molar-refractivity contribution in [3.05, 3.63) is 35.1 Å². The Hall–Kier alpha value is -0.930. The van der Waals surface area contributed by atoms with Crippen LogP contribution in [-0.4, -0.2) is 11.7 Å². The van der Waals surface area contributed by atoms with E-state index in [1.165, 1.54) is 6.07 Å². The van der Waals surface area contributed by atoms with Crippen LogP contribution in [0.25, 0.3) is 0 Å². The number of aliphatic hydroxyl groups is 1. The molecule has 0 spiro atoms. The molecule has 0 bridgehead atoms. The van der Waals surface area contributed by atoms with Gasteiger partial charge in [0.1, 0.15) is 5.82 Å². The lowest BCUT2D eigenvalue weighted by Gasteiger charge is -2.11. The van der Waals surface area contributed by atoms with Crippen LogP contribution in [0.4, 0.5) is 4.39 Å². The lowest BCUT2D eigenvalue weighted by molar-refractivity contribution is 0.267. The smallest absolute Gasteiger partial charge is 0.126 e. The van der Waals surface area contributed by atoms with Crippen LogP contribution in [0, 0.1) is 12.7 Å². The van der Waals surface area contributed by atoms with Crippen molar-refractivity contribution in [1.29, 1.82) is 0 Å². The van der Waals surface area contributed by atoms with Gasteiger partial charge in [0.15, 0.2) is 0 Å². The van der Waals surface area contributed by atoms with Crippen molar-refractivity contribution in [3.63, 3.8) is 0 Å². The minimum Gasteiger partial charge on any atom is -0.394 e. The van der Waals surface area contributed by atoms with E-state index in [1.807, 2.05) is 0 Å². The molecule has 0 saturated heterocycles. The van der Waals surface area contributed by atoms with Gasteiger partial charge in [-0.25, -0.2) is 4.39 Å². The van der Waals surface area contributed by atoms with Gasteiger partial charge in [-0.1, -0.05) is 12.1 Å². The van der Waals surface area contributed by atoms with E-state index in [2.05, 4.69) is 0 Å². The van der Waals surface area contributed by atoms with Gasteiger partial charge in [0.2, 0.25) is 0 Å². The van der Waals surface area contributed by atoms with E-state index in [1.54, 1.807) is 19.1 Å². The van der Waals surface area contributed by atoms with Gasteiger partial charge in [-0.2, -0.15) is 0 Å². The molecule has 0 aliphatic carbocycles. The Labute approximate surface area is 70.8 Å². The summed E-state index contributed by atoms with van der Waals surface area (Å²) < 4.78 is 12.9. The van der Waals surface area contributed by atoms with Crippen molar-refractivity contribution in [2.45, 2.75) is 13.0 Å². The highest BCUT2D eigenvalue weighted by Gasteiger charge is 2.09. The number of hydrogen-bond acceptors (Lipinski definition) is 2. The maximum atomic E-state index is 12.9. The molecule has 0 radical (unpaired) electrons. The molecule has 0 aliphatic heterocycles. The van der Waals surface area contributed by atoms with Gasteiger partial charge in [0.05, 0.1) is 12.6 Å². The van der Waals surface area contributed by atoms with E-state index in [9.17, 15) is 4.39 Å². The molecule has 1 atom stereocenters. The van der Waals surface area contributed by atoms with Crippen LogP contribution in [-0.2, 0) is 0 Å². The number of hydrogen-bond donors (Lipinski definition) is 2. The first-order valence-electron chi connectivity index (χ1n) is 3.78. The number of nitrogens with two attached hydrogens (primary N) is 1. The summed E-state index contributed by atoms with van der Waals surface area (Å²) in [7, 11) is 0. The van der Waals surface area contributed by atoms with Crippen molar-refractivity contribution in [3.8, 4) is 0 Å². The fraction of sp³-hybridized carbons (Fsp3) is 0.333. The van der Waals surface area contributed by atoms with Gasteiger partial charge >= 0.3 is 0 Å². The number of rotatable bonds is 2. The summed E-state index contributed by atoms with van der Waals surface area (Å²) in [4.78, 5) is 0. The fourth-order valence-electron chi connectivity index (χ4n) is 1.12. The molecule has 3 N–H and O–H groups in total. The lowest BCUT2D eigenvalue weighted by Crippen LogP contribution is -2.16. The molecule has 66 valence electrons. The van der Waals surface area contributed by atoms with Gasteiger partial charge < -0.3 is 10.8 Å². The summed E-state index contributed by atoms with van der Waals surface area (Å²) in [5, 5.41) is 8.76. The summed E-state index contributed by atoms with van der Waals surface area (Å²) in [5.41, 5.74) is 6.72. The SMILES string of the molecule is Cc1c(F)cccc1[C@H](N)CO. The molecule has 3 heteroatoms. The normalized spacial score (nSPS) is 13.0. The van der Waals surface area contributed by atoms with E-state index in [4.69, 9.17) is 10.8 Å². The maximum Gasteiger partial charge on any atom is 0.126 e. The molecule has 0 aliphatic rings. The Morgan fingerprint density at radius 1 is 1.58 bits per heavy atom. The van der Waals surface area contributed by atoms with Crippen LogP contribution in [0.5, 0.6) is 0 Å². The van der Waals surface area contributed by atoms with Crippen molar-refractivity contribution < 1.29 is 9.50 Å². The van der Waals surface area contributed by atoms with Crippen LogP contribution < -0.4 is 5.73 Å². The molecular formula is C9H12FNO. The van der Waals surface area contributed by atoms with Crippen molar-refractivity contribution in [2.75, 3.05) is 6.61 Å². The average Bonchev–Trinajstić information content (AvgIpc) is 2.08. The summed E-state index contributed by atoms with van der Waals surface area (Å²) in [6, 6.07) is 4.20. The van der Waals surface area contributed by atoms with Crippen LogP contribution in [0.15, 0.2) is 18.2 Å². The lowest BCUT2D eigenvalue weighted by atomic mass is 10.0. The Bertz CT molecular complexity index is 275. The fourth-order valence-corrected chi connectivity index (χ4v) is 1.12. The minimum absolute atomic E-state index is 0.162. The first kappa shape index (κ1) is 9.16. The van der Waals surface area contributed by atoms with E-state index in [-0.39, 0.29) is 12.4 Å². The highest BCUT2D eigenvalue weighted by molar-refractivity contribution is 5.29. The van der Waals surface area contributed by atoms with Crippen molar-refractivity contribution >= 4 is 0 Å². The number of aliphatic hydroxyl groups excluding tert-OH is 1. The van der Waals surface area contributed by atoms with Gasteiger partial charge in [0.25, 0.3) is 0 Å². The molecule has 0 saturated carbocycles. The zero-order valence-electron chi connectivity index (χ0n) is 6.92. The number of halogens is 1. The van der Waals surface area contributed by atoms with Crippen molar-refractivity contribution in [1.82, 2.24) is 0 Å². The molecule has 1 aromatic carbocycles. The van der Waals surface area contributed by atoms with E-state index >= 15 is 0 Å². The third-order valence-electron chi connectivity index (χ3n) is 1.91. The first-order valence-corrected chi connectivity index (χ1v) is 3.78. The third kappa shape index (κ3) is 1.62. The molecule has 1 aromatic rings. The second-order valence-electron chi connectivity index (χ2n) is 2.74. The third-order valence-corrected chi connectivity index (χ3v) is 1.91.